The van der Waals surface area contributed by atoms with Crippen LogP contribution in [0.4, 0.5) is 11.4 Å². The van der Waals surface area contributed by atoms with Crippen molar-refractivity contribution in [3.8, 4) is 0 Å². The van der Waals surface area contributed by atoms with Crippen molar-refractivity contribution in [1.82, 2.24) is 0 Å². The zero-order chi connectivity index (χ0) is 22.1. The molecule has 0 spiro atoms. The highest BCUT2D eigenvalue weighted by atomic mass is 79.9. The lowest BCUT2D eigenvalue weighted by atomic mass is 9.95. The van der Waals surface area contributed by atoms with E-state index in [9.17, 15) is 24.8 Å². The fourth-order valence-electron chi connectivity index (χ4n) is 3.55. The number of ketones is 1. The van der Waals surface area contributed by atoms with Crippen molar-refractivity contribution in [2.45, 2.75) is 6.04 Å². The minimum absolute atomic E-state index is 0.0760. The number of halogens is 1. The highest BCUT2D eigenvalue weighted by Gasteiger charge is 2.47. The van der Waals surface area contributed by atoms with Crippen molar-refractivity contribution in [2.75, 3.05) is 4.90 Å². The predicted molar refractivity (Wildman–Crippen MR) is 118 cm³/mol. The SMILES string of the molecule is O=C1C(=O)N(c2ccc(Br)cc2)C(c2ccc([N+](=O)[O-])cc2)/C1=C(/O)c1ccccc1. The number of hydrogen-bond acceptors (Lipinski definition) is 5. The number of non-ortho nitro benzene ring substituents is 1. The topological polar surface area (TPSA) is 101 Å². The lowest BCUT2D eigenvalue weighted by Crippen LogP contribution is -2.29. The van der Waals surface area contributed by atoms with Crippen LogP contribution in [0.25, 0.3) is 5.76 Å². The molecular weight excluding hydrogens is 464 g/mol. The number of nitro groups is 1. The molecule has 0 aromatic heterocycles. The molecule has 3 aromatic rings. The van der Waals surface area contributed by atoms with Gasteiger partial charge in [0, 0.05) is 27.9 Å². The summed E-state index contributed by atoms with van der Waals surface area (Å²) in [4.78, 5) is 37.8. The first-order valence-corrected chi connectivity index (χ1v) is 10.0. The van der Waals surface area contributed by atoms with Crippen molar-refractivity contribution < 1.29 is 19.6 Å². The number of aliphatic hydroxyl groups is 1. The van der Waals surface area contributed by atoms with Gasteiger partial charge in [0.2, 0.25) is 0 Å². The molecule has 1 heterocycles. The molecule has 4 rings (SSSR count). The van der Waals surface area contributed by atoms with Gasteiger partial charge in [-0.1, -0.05) is 46.3 Å². The number of hydrogen-bond donors (Lipinski definition) is 1. The number of anilines is 1. The maximum atomic E-state index is 13.0. The van der Waals surface area contributed by atoms with Gasteiger partial charge in [-0.15, -0.1) is 0 Å². The first-order valence-electron chi connectivity index (χ1n) is 9.25. The summed E-state index contributed by atoms with van der Waals surface area (Å²) in [6, 6.07) is 19.9. The zero-order valence-corrected chi connectivity index (χ0v) is 17.5. The summed E-state index contributed by atoms with van der Waals surface area (Å²) in [7, 11) is 0. The minimum Gasteiger partial charge on any atom is -0.507 e. The van der Waals surface area contributed by atoms with Crippen LogP contribution in [-0.2, 0) is 9.59 Å². The number of Topliss-reactive ketones (excluding diaryl/α,β-unsaturated/α-hetero) is 1. The summed E-state index contributed by atoms with van der Waals surface area (Å²) >= 11 is 3.34. The monoisotopic (exact) mass is 478 g/mol. The minimum atomic E-state index is -0.942. The summed E-state index contributed by atoms with van der Waals surface area (Å²) < 4.78 is 0.795. The third kappa shape index (κ3) is 3.73. The Kier molecular flexibility index (Phi) is 5.39. The molecule has 1 aliphatic heterocycles. The van der Waals surface area contributed by atoms with Gasteiger partial charge in [0.1, 0.15) is 5.76 Å². The molecule has 0 aliphatic carbocycles. The Hall–Kier alpha value is -3.78. The van der Waals surface area contributed by atoms with E-state index in [-0.39, 0.29) is 17.0 Å². The normalized spacial score (nSPS) is 17.7. The van der Waals surface area contributed by atoms with Crippen LogP contribution >= 0.6 is 15.9 Å². The number of carbonyl (C=O) groups excluding carboxylic acids is 2. The number of benzene rings is 3. The molecule has 0 saturated carbocycles. The fraction of sp³-hybridized carbons (Fsp3) is 0.0435. The molecule has 1 atom stereocenters. The largest absolute Gasteiger partial charge is 0.507 e. The van der Waals surface area contributed by atoms with Gasteiger partial charge in [-0.25, -0.2) is 0 Å². The zero-order valence-electron chi connectivity index (χ0n) is 15.9. The summed E-state index contributed by atoms with van der Waals surface area (Å²) in [6.45, 7) is 0. The van der Waals surface area contributed by atoms with Crippen LogP contribution in [-0.4, -0.2) is 21.7 Å². The molecule has 0 radical (unpaired) electrons. The number of carbonyl (C=O) groups is 2. The van der Waals surface area contributed by atoms with Gasteiger partial charge in [-0.2, -0.15) is 0 Å². The summed E-state index contributed by atoms with van der Waals surface area (Å²) in [5, 5.41) is 22.0. The van der Waals surface area contributed by atoms with Gasteiger partial charge in [0.25, 0.3) is 17.4 Å². The van der Waals surface area contributed by atoms with E-state index in [1.807, 2.05) is 0 Å². The molecule has 0 bridgehead atoms. The molecular formula is C23H15BrN2O5. The molecule has 31 heavy (non-hydrogen) atoms. The smallest absolute Gasteiger partial charge is 0.300 e. The van der Waals surface area contributed by atoms with Crippen LogP contribution in [0.15, 0.2) is 88.9 Å². The second-order valence-electron chi connectivity index (χ2n) is 6.86. The molecule has 3 aromatic carbocycles. The third-order valence-electron chi connectivity index (χ3n) is 5.02. The predicted octanol–water partition coefficient (Wildman–Crippen LogP) is 4.98. The van der Waals surface area contributed by atoms with E-state index in [4.69, 9.17) is 0 Å². The van der Waals surface area contributed by atoms with Gasteiger partial charge in [-0.3, -0.25) is 24.6 Å². The number of rotatable bonds is 4. The quantitative estimate of drug-likeness (QED) is 0.187. The standard InChI is InChI=1S/C23H15BrN2O5/c24-16-8-12-17(13-9-16)25-20(14-6-10-18(11-7-14)26(30)31)19(22(28)23(25)29)21(27)15-4-2-1-3-5-15/h1-13,20,27H/b21-19-. The molecule has 1 unspecified atom stereocenters. The van der Waals surface area contributed by atoms with E-state index in [1.165, 1.54) is 29.2 Å². The van der Waals surface area contributed by atoms with Gasteiger partial charge in [0.15, 0.2) is 0 Å². The van der Waals surface area contributed by atoms with Crippen molar-refractivity contribution in [1.29, 1.82) is 0 Å². The van der Waals surface area contributed by atoms with Crippen LogP contribution in [0, 0.1) is 10.1 Å². The lowest BCUT2D eigenvalue weighted by molar-refractivity contribution is -0.384. The molecule has 8 heteroatoms. The van der Waals surface area contributed by atoms with E-state index in [0.29, 0.717) is 16.8 Å². The van der Waals surface area contributed by atoms with Crippen LogP contribution in [0.3, 0.4) is 0 Å². The van der Waals surface area contributed by atoms with Crippen LogP contribution in [0.5, 0.6) is 0 Å². The van der Waals surface area contributed by atoms with Crippen LogP contribution in [0.1, 0.15) is 17.2 Å². The summed E-state index contributed by atoms with van der Waals surface area (Å²) in [6.07, 6.45) is 0. The average Bonchev–Trinajstić information content (AvgIpc) is 3.05. The second-order valence-corrected chi connectivity index (χ2v) is 7.78. The van der Waals surface area contributed by atoms with E-state index in [1.54, 1.807) is 54.6 Å². The van der Waals surface area contributed by atoms with Crippen LogP contribution in [0.2, 0.25) is 0 Å². The Morgan fingerprint density at radius 2 is 1.55 bits per heavy atom. The molecule has 1 amide bonds. The molecule has 154 valence electrons. The number of amides is 1. The molecule has 7 nitrogen and oxygen atoms in total. The number of nitro benzene ring substituents is 1. The highest BCUT2D eigenvalue weighted by molar-refractivity contribution is 9.10. The average molecular weight is 479 g/mol. The van der Waals surface area contributed by atoms with Crippen LogP contribution < -0.4 is 4.90 Å². The maximum Gasteiger partial charge on any atom is 0.300 e. The van der Waals surface area contributed by atoms with Crippen molar-refractivity contribution in [2.24, 2.45) is 0 Å². The van der Waals surface area contributed by atoms with Crippen molar-refractivity contribution in [3.63, 3.8) is 0 Å². The van der Waals surface area contributed by atoms with Crippen molar-refractivity contribution in [3.05, 3.63) is 110 Å². The Labute approximate surface area is 185 Å². The highest BCUT2D eigenvalue weighted by Crippen LogP contribution is 2.42. The Morgan fingerprint density at radius 1 is 0.935 bits per heavy atom. The first-order chi connectivity index (χ1) is 14.9. The Bertz CT molecular complexity index is 1200. The molecule has 1 fully saturated rings. The Balaban J connectivity index is 1.93. The third-order valence-corrected chi connectivity index (χ3v) is 5.54. The first kappa shape index (κ1) is 20.5. The van der Waals surface area contributed by atoms with Gasteiger partial charge < -0.3 is 5.11 Å². The Morgan fingerprint density at radius 3 is 2.13 bits per heavy atom. The summed E-state index contributed by atoms with van der Waals surface area (Å²) in [5.41, 5.74) is 1.12. The fourth-order valence-corrected chi connectivity index (χ4v) is 3.81. The van der Waals surface area contributed by atoms with Gasteiger partial charge >= 0.3 is 0 Å². The van der Waals surface area contributed by atoms with Gasteiger partial charge in [0.05, 0.1) is 16.5 Å². The number of nitrogens with zero attached hydrogens (tertiary/aromatic N) is 2. The second kappa shape index (κ2) is 8.16. The lowest BCUT2D eigenvalue weighted by Gasteiger charge is -2.25. The van der Waals surface area contributed by atoms with Gasteiger partial charge in [-0.05, 0) is 42.0 Å². The van der Waals surface area contributed by atoms with E-state index >= 15 is 0 Å². The van der Waals surface area contributed by atoms with Crippen molar-refractivity contribution >= 4 is 44.8 Å². The van der Waals surface area contributed by atoms with E-state index < -0.39 is 22.7 Å². The maximum absolute atomic E-state index is 13.0. The number of aliphatic hydroxyl groups excluding tert-OH is 1. The summed E-state index contributed by atoms with van der Waals surface area (Å²) in [5.74, 6) is -1.92. The molecule has 1 aliphatic rings. The van der Waals surface area contributed by atoms with E-state index in [0.717, 1.165) is 4.47 Å². The van der Waals surface area contributed by atoms with E-state index in [2.05, 4.69) is 15.9 Å². The molecule has 1 N–H and O–H groups in total. The molecule has 1 saturated heterocycles.